The Morgan fingerprint density at radius 2 is 1.87 bits per heavy atom. The van der Waals surface area contributed by atoms with Gasteiger partial charge in [-0.05, 0) is 18.9 Å². The lowest BCUT2D eigenvalue weighted by Crippen LogP contribution is -2.27. The number of rotatable bonds is 9. The Morgan fingerprint density at radius 1 is 1.13 bits per heavy atom. The highest BCUT2D eigenvalue weighted by Crippen LogP contribution is 2.18. The first-order chi connectivity index (χ1) is 11.3. The largest absolute Gasteiger partial charge is 0.496 e. The maximum Gasteiger partial charge on any atom is 0.247 e. The first-order valence-corrected chi connectivity index (χ1v) is 8.08. The Bertz CT molecular complexity index is 599. The molecule has 23 heavy (non-hydrogen) atoms. The van der Waals surface area contributed by atoms with Crippen LogP contribution in [0.15, 0.2) is 30.5 Å². The highest BCUT2D eigenvalue weighted by atomic mass is 16.5. The average Bonchev–Trinajstić information content (AvgIpc) is 2.60. The summed E-state index contributed by atoms with van der Waals surface area (Å²) in [5, 5.41) is 11.5. The average molecular weight is 315 g/mol. The minimum atomic E-state index is 0.629. The van der Waals surface area contributed by atoms with Crippen molar-refractivity contribution in [3.8, 4) is 5.75 Å². The second-order valence-corrected chi connectivity index (χ2v) is 5.29. The molecule has 0 saturated heterocycles. The summed E-state index contributed by atoms with van der Waals surface area (Å²) >= 11 is 0. The van der Waals surface area contributed by atoms with Crippen molar-refractivity contribution in [2.75, 3.05) is 30.4 Å². The molecule has 1 aromatic carbocycles. The third-order valence-corrected chi connectivity index (χ3v) is 3.47. The summed E-state index contributed by atoms with van der Waals surface area (Å²) in [5.41, 5.74) is 1.08. The Labute approximate surface area is 137 Å². The van der Waals surface area contributed by atoms with E-state index in [4.69, 9.17) is 4.74 Å². The minimum Gasteiger partial charge on any atom is -0.496 e. The Morgan fingerprint density at radius 3 is 2.57 bits per heavy atom. The van der Waals surface area contributed by atoms with Crippen LogP contribution in [-0.4, -0.2) is 35.4 Å². The van der Waals surface area contributed by atoms with Gasteiger partial charge in [-0.2, -0.15) is 10.1 Å². The zero-order valence-electron chi connectivity index (χ0n) is 14.1. The highest BCUT2D eigenvalue weighted by molar-refractivity contribution is 5.41. The van der Waals surface area contributed by atoms with Crippen molar-refractivity contribution < 1.29 is 4.74 Å². The van der Waals surface area contributed by atoms with Gasteiger partial charge in [0.1, 0.15) is 5.75 Å². The summed E-state index contributed by atoms with van der Waals surface area (Å²) in [6.45, 7) is 6.81. The lowest BCUT2D eigenvalue weighted by molar-refractivity contribution is 0.410. The highest BCUT2D eigenvalue weighted by Gasteiger charge is 2.09. The Kier molecular flexibility index (Phi) is 6.59. The van der Waals surface area contributed by atoms with E-state index >= 15 is 0 Å². The van der Waals surface area contributed by atoms with Gasteiger partial charge in [0.05, 0.1) is 13.3 Å². The van der Waals surface area contributed by atoms with Gasteiger partial charge in [-0.3, -0.25) is 0 Å². The van der Waals surface area contributed by atoms with Gasteiger partial charge in [0, 0.05) is 25.2 Å². The summed E-state index contributed by atoms with van der Waals surface area (Å²) in [7, 11) is 1.68. The van der Waals surface area contributed by atoms with Crippen LogP contribution in [0.5, 0.6) is 5.75 Å². The fraction of sp³-hybridized carbons (Fsp3) is 0.471. The predicted octanol–water partition coefficient (Wildman–Crippen LogP) is 3.12. The van der Waals surface area contributed by atoms with Gasteiger partial charge in [0.25, 0.3) is 0 Å². The van der Waals surface area contributed by atoms with Crippen molar-refractivity contribution in [2.45, 2.75) is 33.2 Å². The fourth-order valence-electron chi connectivity index (χ4n) is 2.40. The lowest BCUT2D eigenvalue weighted by atomic mass is 10.2. The van der Waals surface area contributed by atoms with Crippen molar-refractivity contribution in [3.05, 3.63) is 36.0 Å². The Balaban J connectivity index is 2.07. The van der Waals surface area contributed by atoms with E-state index in [0.29, 0.717) is 12.5 Å². The number of para-hydroxylation sites is 1. The van der Waals surface area contributed by atoms with Gasteiger partial charge in [-0.15, -0.1) is 5.10 Å². The zero-order chi connectivity index (χ0) is 16.5. The maximum absolute atomic E-state index is 5.36. The molecule has 6 nitrogen and oxygen atoms in total. The van der Waals surface area contributed by atoms with Gasteiger partial charge in [-0.1, -0.05) is 32.0 Å². The van der Waals surface area contributed by atoms with Crippen molar-refractivity contribution >= 4 is 11.8 Å². The van der Waals surface area contributed by atoms with Gasteiger partial charge >= 0.3 is 0 Å². The van der Waals surface area contributed by atoms with Crippen molar-refractivity contribution in [2.24, 2.45) is 0 Å². The van der Waals surface area contributed by atoms with E-state index in [2.05, 4.69) is 39.2 Å². The topological polar surface area (TPSA) is 63.2 Å². The van der Waals surface area contributed by atoms with E-state index < -0.39 is 0 Å². The number of aromatic nitrogens is 3. The van der Waals surface area contributed by atoms with Crippen molar-refractivity contribution in [1.82, 2.24) is 15.2 Å². The van der Waals surface area contributed by atoms with Crippen LogP contribution in [0.2, 0.25) is 0 Å². The Hall–Kier alpha value is -2.37. The molecule has 0 unspecified atom stereocenters. The first kappa shape index (κ1) is 17.0. The van der Waals surface area contributed by atoms with Crippen molar-refractivity contribution in [3.63, 3.8) is 0 Å². The molecule has 0 spiro atoms. The summed E-state index contributed by atoms with van der Waals surface area (Å²) in [6, 6.07) is 7.93. The third-order valence-electron chi connectivity index (χ3n) is 3.47. The molecule has 1 heterocycles. The molecule has 6 heteroatoms. The molecular weight excluding hydrogens is 290 g/mol. The van der Waals surface area contributed by atoms with E-state index in [1.165, 1.54) is 0 Å². The number of hydrogen-bond donors (Lipinski definition) is 1. The van der Waals surface area contributed by atoms with E-state index in [-0.39, 0.29) is 0 Å². The van der Waals surface area contributed by atoms with Crippen LogP contribution in [0, 0.1) is 0 Å². The standard InChI is InChI=1S/C17H25N5O/c1-4-10-22(11-5-2)17-20-16(13-19-21-17)18-12-14-8-6-7-9-15(14)23-3/h6-9,13H,4-5,10-12H2,1-3H3,(H,18,20,21). The van der Waals surface area contributed by atoms with Gasteiger partial charge in [0.15, 0.2) is 5.82 Å². The van der Waals surface area contributed by atoms with Gasteiger partial charge in [-0.25, -0.2) is 0 Å². The molecule has 0 bridgehead atoms. The molecular formula is C17H25N5O. The van der Waals surface area contributed by atoms with E-state index in [1.807, 2.05) is 24.3 Å². The number of anilines is 2. The molecule has 2 rings (SSSR count). The molecule has 0 aliphatic rings. The van der Waals surface area contributed by atoms with Crippen LogP contribution in [-0.2, 0) is 6.54 Å². The number of ether oxygens (including phenoxy) is 1. The number of hydrogen-bond acceptors (Lipinski definition) is 6. The predicted molar refractivity (Wildman–Crippen MR) is 92.9 cm³/mol. The molecule has 0 atom stereocenters. The normalized spacial score (nSPS) is 10.4. The molecule has 124 valence electrons. The second kappa shape index (κ2) is 8.92. The van der Waals surface area contributed by atoms with Crippen LogP contribution in [0.3, 0.4) is 0 Å². The van der Waals surface area contributed by atoms with Crippen LogP contribution >= 0.6 is 0 Å². The zero-order valence-corrected chi connectivity index (χ0v) is 14.1. The number of nitrogens with zero attached hydrogens (tertiary/aromatic N) is 4. The van der Waals surface area contributed by atoms with Crippen LogP contribution in [0.1, 0.15) is 32.3 Å². The van der Waals surface area contributed by atoms with E-state index in [0.717, 1.165) is 43.1 Å². The molecule has 1 aromatic heterocycles. The first-order valence-electron chi connectivity index (χ1n) is 8.08. The summed E-state index contributed by atoms with van der Waals surface area (Å²) in [5.74, 6) is 2.26. The SMILES string of the molecule is CCCN(CCC)c1nncc(NCc2ccccc2OC)n1. The van der Waals surface area contributed by atoms with Crippen LogP contribution in [0.4, 0.5) is 11.8 Å². The molecule has 2 aromatic rings. The lowest BCUT2D eigenvalue weighted by Gasteiger charge is -2.21. The van der Waals surface area contributed by atoms with Crippen molar-refractivity contribution in [1.29, 1.82) is 0 Å². The summed E-state index contributed by atoms with van der Waals surface area (Å²) in [4.78, 5) is 6.75. The summed E-state index contributed by atoms with van der Waals surface area (Å²) < 4.78 is 5.36. The quantitative estimate of drug-likeness (QED) is 0.767. The van der Waals surface area contributed by atoms with E-state index in [1.54, 1.807) is 13.3 Å². The van der Waals surface area contributed by atoms with E-state index in [9.17, 15) is 0 Å². The van der Waals surface area contributed by atoms with Gasteiger partial charge < -0.3 is 15.0 Å². The van der Waals surface area contributed by atoms with Crippen LogP contribution < -0.4 is 15.0 Å². The monoisotopic (exact) mass is 315 g/mol. The fourth-order valence-corrected chi connectivity index (χ4v) is 2.40. The third kappa shape index (κ3) is 4.81. The molecule has 1 N–H and O–H groups in total. The number of nitrogens with one attached hydrogen (secondary N) is 1. The maximum atomic E-state index is 5.36. The smallest absolute Gasteiger partial charge is 0.247 e. The molecule has 0 radical (unpaired) electrons. The molecule has 0 amide bonds. The molecule has 0 saturated carbocycles. The van der Waals surface area contributed by atoms with Crippen LogP contribution in [0.25, 0.3) is 0 Å². The summed E-state index contributed by atoms with van der Waals surface area (Å²) in [6.07, 6.45) is 3.76. The van der Waals surface area contributed by atoms with Gasteiger partial charge in [0.2, 0.25) is 5.95 Å². The molecule has 0 fully saturated rings. The molecule has 0 aliphatic heterocycles. The molecule has 0 aliphatic carbocycles. The second-order valence-electron chi connectivity index (χ2n) is 5.29. The minimum absolute atomic E-state index is 0.629. The number of benzene rings is 1. The number of methoxy groups -OCH3 is 1.